The maximum absolute atomic E-state index is 11.6. The molecule has 2 unspecified atom stereocenters. The molecule has 0 aromatic carbocycles. The molecule has 2 heterocycles. The Balaban J connectivity index is 1.83. The minimum absolute atomic E-state index is 0.362. The molecule has 0 radical (unpaired) electrons. The number of hydrogen-bond donors (Lipinski definition) is 2. The number of nitrogens with one attached hydrogen (secondary N) is 1. The molecule has 2 saturated heterocycles. The third-order valence-corrected chi connectivity index (χ3v) is 5.58. The summed E-state index contributed by atoms with van der Waals surface area (Å²) in [4.78, 5) is 2.14. The van der Waals surface area contributed by atoms with Crippen molar-refractivity contribution in [3.05, 3.63) is 0 Å². The Morgan fingerprint density at radius 3 is 2.85 bits per heavy atom. The molecule has 0 saturated carbocycles. The van der Waals surface area contributed by atoms with Crippen molar-refractivity contribution >= 4 is 10.0 Å². The van der Waals surface area contributed by atoms with E-state index in [9.17, 15) is 13.5 Å². The van der Waals surface area contributed by atoms with Gasteiger partial charge in [-0.15, -0.1) is 0 Å². The van der Waals surface area contributed by atoms with E-state index in [2.05, 4.69) is 10.2 Å². The fourth-order valence-electron chi connectivity index (χ4n) is 3.35. The fraction of sp³-hybridized carbons (Fsp3) is 1.00. The number of piperidine rings is 1. The molecule has 0 spiro atoms. The lowest BCUT2D eigenvalue weighted by Crippen LogP contribution is -2.47. The van der Waals surface area contributed by atoms with Gasteiger partial charge < -0.3 is 15.3 Å². The maximum atomic E-state index is 11.6. The van der Waals surface area contributed by atoms with Gasteiger partial charge in [-0.2, -0.15) is 0 Å². The zero-order valence-corrected chi connectivity index (χ0v) is 13.3. The van der Waals surface area contributed by atoms with E-state index in [-0.39, 0.29) is 0 Å². The molecule has 2 atom stereocenters. The number of β-amino-alcohol motifs (C(OH)–C–C–N with tert-alkyl or cyclic N) is 1. The molecule has 20 heavy (non-hydrogen) atoms. The summed E-state index contributed by atoms with van der Waals surface area (Å²) in [5.41, 5.74) is -0.625. The molecule has 0 aromatic rings. The van der Waals surface area contributed by atoms with Crippen LogP contribution in [0.15, 0.2) is 0 Å². The van der Waals surface area contributed by atoms with Gasteiger partial charge in [-0.3, -0.25) is 0 Å². The Morgan fingerprint density at radius 1 is 1.50 bits per heavy atom. The van der Waals surface area contributed by atoms with Crippen LogP contribution in [-0.2, 0) is 10.0 Å². The Morgan fingerprint density at radius 2 is 2.25 bits per heavy atom. The van der Waals surface area contributed by atoms with Crippen LogP contribution >= 0.6 is 0 Å². The van der Waals surface area contributed by atoms with Crippen molar-refractivity contribution < 1.29 is 13.5 Å². The van der Waals surface area contributed by atoms with E-state index in [0.29, 0.717) is 32.1 Å². The molecular weight excluding hydrogens is 278 g/mol. The lowest BCUT2D eigenvalue weighted by atomic mass is 9.97. The van der Waals surface area contributed by atoms with Gasteiger partial charge in [0.1, 0.15) is 0 Å². The molecule has 2 aliphatic rings. The van der Waals surface area contributed by atoms with Crippen molar-refractivity contribution in [2.24, 2.45) is 5.92 Å². The van der Waals surface area contributed by atoms with Gasteiger partial charge in [0.2, 0.25) is 10.0 Å². The molecule has 0 aromatic heterocycles. The van der Waals surface area contributed by atoms with Crippen molar-refractivity contribution in [1.82, 2.24) is 14.5 Å². The molecule has 118 valence electrons. The number of aliphatic hydroxyl groups is 1. The van der Waals surface area contributed by atoms with E-state index in [1.165, 1.54) is 6.26 Å². The molecule has 2 fully saturated rings. The van der Waals surface area contributed by atoms with Crippen LogP contribution in [0.4, 0.5) is 0 Å². The van der Waals surface area contributed by atoms with Crippen molar-refractivity contribution in [3.63, 3.8) is 0 Å². The number of nitrogens with zero attached hydrogens (tertiary/aromatic N) is 2. The summed E-state index contributed by atoms with van der Waals surface area (Å²) in [7, 11) is -1.06. The first-order chi connectivity index (χ1) is 9.28. The van der Waals surface area contributed by atoms with Gasteiger partial charge in [-0.25, -0.2) is 12.7 Å². The highest BCUT2D eigenvalue weighted by Crippen LogP contribution is 2.21. The molecule has 2 N–H and O–H groups in total. The van der Waals surface area contributed by atoms with Gasteiger partial charge in [0.15, 0.2) is 0 Å². The van der Waals surface area contributed by atoms with Crippen LogP contribution in [0.3, 0.4) is 0 Å². The largest absolute Gasteiger partial charge is 0.387 e. The first-order valence-electron chi connectivity index (χ1n) is 7.35. The Hall–Kier alpha value is -0.210. The average Bonchev–Trinajstić information content (AvgIpc) is 2.74. The second kappa shape index (κ2) is 6.27. The zero-order valence-electron chi connectivity index (χ0n) is 12.5. The fourth-order valence-corrected chi connectivity index (χ4v) is 4.29. The number of likely N-dealkylation sites (N-methyl/N-ethyl adjacent to an activating group) is 1. The third-order valence-electron chi connectivity index (χ3n) is 4.31. The van der Waals surface area contributed by atoms with Gasteiger partial charge in [-0.1, -0.05) is 0 Å². The maximum Gasteiger partial charge on any atom is 0.211 e. The molecule has 7 heteroatoms. The van der Waals surface area contributed by atoms with Crippen LogP contribution in [0.25, 0.3) is 0 Å². The smallest absolute Gasteiger partial charge is 0.211 e. The molecule has 0 amide bonds. The van der Waals surface area contributed by atoms with Crippen LogP contribution in [-0.4, -0.2) is 80.9 Å². The van der Waals surface area contributed by atoms with Crippen LogP contribution in [0.5, 0.6) is 0 Å². The minimum Gasteiger partial charge on any atom is -0.387 e. The summed E-state index contributed by atoms with van der Waals surface area (Å²) >= 11 is 0. The van der Waals surface area contributed by atoms with Crippen LogP contribution in [0.1, 0.15) is 19.3 Å². The second-order valence-corrected chi connectivity index (χ2v) is 8.46. The predicted molar refractivity (Wildman–Crippen MR) is 79.1 cm³/mol. The van der Waals surface area contributed by atoms with Crippen molar-refractivity contribution in [3.8, 4) is 0 Å². The highest BCUT2D eigenvalue weighted by Gasteiger charge is 2.33. The second-order valence-electron chi connectivity index (χ2n) is 6.48. The van der Waals surface area contributed by atoms with Crippen LogP contribution in [0, 0.1) is 5.92 Å². The summed E-state index contributed by atoms with van der Waals surface area (Å²) < 4.78 is 24.8. The first kappa shape index (κ1) is 16.2. The summed E-state index contributed by atoms with van der Waals surface area (Å²) in [6.07, 6.45) is 4.06. The van der Waals surface area contributed by atoms with E-state index in [1.54, 1.807) is 4.31 Å². The van der Waals surface area contributed by atoms with Gasteiger partial charge in [0.05, 0.1) is 11.9 Å². The Bertz CT molecular complexity index is 421. The summed E-state index contributed by atoms with van der Waals surface area (Å²) in [6.45, 7) is 4.27. The van der Waals surface area contributed by atoms with E-state index in [4.69, 9.17) is 0 Å². The van der Waals surface area contributed by atoms with Crippen molar-refractivity contribution in [1.29, 1.82) is 0 Å². The predicted octanol–water partition coefficient (Wildman–Crippen LogP) is -0.686. The van der Waals surface area contributed by atoms with Gasteiger partial charge in [0, 0.05) is 32.7 Å². The minimum atomic E-state index is -3.07. The molecule has 0 bridgehead atoms. The normalized spacial score (nSPS) is 32.9. The number of sulfonamides is 1. The molecule has 2 rings (SSSR count). The van der Waals surface area contributed by atoms with E-state index in [1.807, 2.05) is 7.05 Å². The average molecular weight is 305 g/mol. The highest BCUT2D eigenvalue weighted by atomic mass is 32.2. The third kappa shape index (κ3) is 4.39. The quantitative estimate of drug-likeness (QED) is 0.704. The Labute approximate surface area is 122 Å². The molecule has 0 aliphatic carbocycles. The molecule has 6 nitrogen and oxygen atoms in total. The van der Waals surface area contributed by atoms with E-state index < -0.39 is 15.6 Å². The lowest BCUT2D eigenvalue weighted by molar-refractivity contribution is 0.0222. The number of rotatable bonds is 5. The summed E-state index contributed by atoms with van der Waals surface area (Å²) in [6, 6.07) is 0. The monoisotopic (exact) mass is 305 g/mol. The molecule has 2 aliphatic heterocycles. The van der Waals surface area contributed by atoms with Gasteiger partial charge >= 0.3 is 0 Å². The first-order valence-corrected chi connectivity index (χ1v) is 9.20. The van der Waals surface area contributed by atoms with E-state index >= 15 is 0 Å². The lowest BCUT2D eigenvalue weighted by Gasteiger charge is -2.35. The highest BCUT2D eigenvalue weighted by molar-refractivity contribution is 7.88. The molecular formula is C13H27N3O3S. The van der Waals surface area contributed by atoms with Crippen molar-refractivity contribution in [2.75, 3.05) is 52.6 Å². The SMILES string of the molecule is CN(CC1CCCN(S(C)(=O)=O)C1)CC1(O)CCNC1. The number of hydrogen-bond acceptors (Lipinski definition) is 5. The zero-order chi connectivity index (χ0) is 14.8. The van der Waals surface area contributed by atoms with Gasteiger partial charge in [0.25, 0.3) is 0 Å². The van der Waals surface area contributed by atoms with Crippen LogP contribution in [0.2, 0.25) is 0 Å². The summed E-state index contributed by atoms with van der Waals surface area (Å²) in [5, 5.41) is 13.5. The van der Waals surface area contributed by atoms with Crippen LogP contribution < -0.4 is 5.32 Å². The van der Waals surface area contributed by atoms with Gasteiger partial charge in [-0.05, 0) is 38.8 Å². The summed E-state index contributed by atoms with van der Waals surface area (Å²) in [5.74, 6) is 0.362. The van der Waals surface area contributed by atoms with E-state index in [0.717, 1.165) is 32.4 Å². The standard InChI is InChI=1S/C13H27N3O3S/c1-15(11-13(17)5-6-14-10-13)8-12-4-3-7-16(9-12)20(2,18)19/h12,14,17H,3-11H2,1-2H3. The Kier molecular flexibility index (Phi) is 5.07. The van der Waals surface area contributed by atoms with Crippen molar-refractivity contribution in [2.45, 2.75) is 24.9 Å². The topological polar surface area (TPSA) is 72.9 Å².